The second-order valence-corrected chi connectivity index (χ2v) is 8.25. The van der Waals surface area contributed by atoms with Crippen molar-refractivity contribution in [2.75, 3.05) is 10.0 Å². The molecule has 1 heterocycles. The summed E-state index contributed by atoms with van der Waals surface area (Å²) in [7, 11) is -3.80. The van der Waals surface area contributed by atoms with Crippen molar-refractivity contribution in [3.63, 3.8) is 0 Å². The number of carbonyl (C=O) groups excluding carboxylic acids is 1. The first-order valence-corrected chi connectivity index (χ1v) is 10.1. The van der Waals surface area contributed by atoms with Crippen molar-refractivity contribution in [2.45, 2.75) is 18.7 Å². The first kappa shape index (κ1) is 18.1. The molecule has 0 atom stereocenters. The molecule has 0 saturated carbocycles. The zero-order valence-corrected chi connectivity index (χ0v) is 15.8. The molecule has 0 spiro atoms. The molecule has 0 aliphatic heterocycles. The van der Waals surface area contributed by atoms with E-state index in [0.29, 0.717) is 5.13 Å². The van der Waals surface area contributed by atoms with E-state index in [9.17, 15) is 13.2 Å². The van der Waals surface area contributed by atoms with Gasteiger partial charge in [0.05, 0.1) is 21.8 Å². The summed E-state index contributed by atoms with van der Waals surface area (Å²) in [6.45, 7) is 3.71. The normalized spacial score (nSPS) is 11.2. The standard InChI is InChI=1S/C18H17N3O3S2/c1-12-7-9-14(10-8-12)26(23,24)21-16-6-4-3-5-15(16)17(22)20-18-19-13(2)11-25-18/h3-11,21H,1-2H3,(H,19,20,22). The minimum Gasteiger partial charge on any atom is -0.298 e. The molecule has 0 unspecified atom stereocenters. The average Bonchev–Trinajstić information content (AvgIpc) is 3.00. The minimum atomic E-state index is -3.80. The molecule has 1 amide bonds. The van der Waals surface area contributed by atoms with E-state index in [1.165, 1.54) is 23.5 Å². The van der Waals surface area contributed by atoms with E-state index in [-0.39, 0.29) is 16.1 Å². The fourth-order valence-corrected chi connectivity index (χ4v) is 4.03. The molecule has 0 saturated heterocycles. The molecule has 0 fully saturated rings. The van der Waals surface area contributed by atoms with E-state index >= 15 is 0 Å². The lowest BCUT2D eigenvalue weighted by Crippen LogP contribution is -2.18. The van der Waals surface area contributed by atoms with Crippen LogP contribution in [0.5, 0.6) is 0 Å². The Kier molecular flexibility index (Phi) is 5.06. The van der Waals surface area contributed by atoms with Crippen molar-refractivity contribution in [1.29, 1.82) is 0 Å². The summed E-state index contributed by atoms with van der Waals surface area (Å²) < 4.78 is 27.7. The van der Waals surface area contributed by atoms with Crippen LogP contribution in [0.25, 0.3) is 0 Å². The lowest BCUT2D eigenvalue weighted by Gasteiger charge is -2.12. The maximum absolute atomic E-state index is 12.6. The number of sulfonamides is 1. The molecular weight excluding hydrogens is 370 g/mol. The summed E-state index contributed by atoms with van der Waals surface area (Å²) in [6, 6.07) is 12.9. The van der Waals surface area contributed by atoms with E-state index in [4.69, 9.17) is 0 Å². The van der Waals surface area contributed by atoms with E-state index < -0.39 is 15.9 Å². The molecule has 0 aliphatic carbocycles. The van der Waals surface area contributed by atoms with Gasteiger partial charge in [-0.25, -0.2) is 13.4 Å². The van der Waals surface area contributed by atoms with Gasteiger partial charge in [-0.2, -0.15) is 0 Å². The smallest absolute Gasteiger partial charge is 0.261 e. The minimum absolute atomic E-state index is 0.133. The van der Waals surface area contributed by atoms with Crippen LogP contribution in [0.15, 0.2) is 58.8 Å². The Hall–Kier alpha value is -2.71. The molecule has 6 nitrogen and oxygen atoms in total. The highest BCUT2D eigenvalue weighted by Crippen LogP contribution is 2.22. The number of carbonyl (C=O) groups is 1. The van der Waals surface area contributed by atoms with Crippen molar-refractivity contribution in [3.05, 3.63) is 70.7 Å². The number of benzene rings is 2. The molecular formula is C18H17N3O3S2. The van der Waals surface area contributed by atoms with Crippen LogP contribution in [-0.2, 0) is 10.0 Å². The molecule has 2 N–H and O–H groups in total. The summed E-state index contributed by atoms with van der Waals surface area (Å²) in [6.07, 6.45) is 0. The molecule has 0 bridgehead atoms. The number of nitrogens with one attached hydrogen (secondary N) is 2. The second kappa shape index (κ2) is 7.27. The fraction of sp³-hybridized carbons (Fsp3) is 0.111. The number of aromatic nitrogens is 1. The zero-order chi connectivity index (χ0) is 18.7. The predicted octanol–water partition coefficient (Wildman–Crippen LogP) is 3.81. The third-order valence-electron chi connectivity index (χ3n) is 3.59. The fourth-order valence-electron chi connectivity index (χ4n) is 2.27. The monoisotopic (exact) mass is 387 g/mol. The van der Waals surface area contributed by atoms with E-state index in [2.05, 4.69) is 15.0 Å². The first-order chi connectivity index (χ1) is 12.3. The molecule has 8 heteroatoms. The number of amides is 1. The molecule has 3 rings (SSSR count). The maximum atomic E-state index is 12.6. The van der Waals surface area contributed by atoms with Gasteiger partial charge in [0.15, 0.2) is 5.13 Å². The van der Waals surface area contributed by atoms with Crippen molar-refractivity contribution in [2.24, 2.45) is 0 Å². The highest BCUT2D eigenvalue weighted by molar-refractivity contribution is 7.92. The first-order valence-electron chi connectivity index (χ1n) is 7.77. The third-order valence-corrected chi connectivity index (χ3v) is 5.84. The summed E-state index contributed by atoms with van der Waals surface area (Å²) >= 11 is 1.31. The van der Waals surface area contributed by atoms with Crippen LogP contribution >= 0.6 is 11.3 Å². The molecule has 0 radical (unpaired) electrons. The Labute approximate surface area is 156 Å². The Morgan fingerprint density at radius 1 is 1.04 bits per heavy atom. The van der Waals surface area contributed by atoms with Gasteiger partial charge in [0.25, 0.3) is 15.9 Å². The van der Waals surface area contributed by atoms with Gasteiger partial charge < -0.3 is 0 Å². The Balaban J connectivity index is 1.87. The lowest BCUT2D eigenvalue weighted by atomic mass is 10.2. The van der Waals surface area contributed by atoms with Gasteiger partial charge in [0.1, 0.15) is 0 Å². The maximum Gasteiger partial charge on any atom is 0.261 e. The molecule has 26 heavy (non-hydrogen) atoms. The van der Waals surface area contributed by atoms with Crippen LogP contribution in [0.4, 0.5) is 10.8 Å². The van der Waals surface area contributed by atoms with Crippen molar-refractivity contribution < 1.29 is 13.2 Å². The molecule has 134 valence electrons. The lowest BCUT2D eigenvalue weighted by molar-refractivity contribution is 0.102. The highest BCUT2D eigenvalue weighted by Gasteiger charge is 2.19. The summed E-state index contributed by atoms with van der Waals surface area (Å²) in [5.74, 6) is -0.429. The average molecular weight is 387 g/mol. The molecule has 0 aliphatic rings. The SMILES string of the molecule is Cc1ccc(S(=O)(=O)Nc2ccccc2C(=O)Nc2nc(C)cs2)cc1. The Morgan fingerprint density at radius 2 is 1.73 bits per heavy atom. The summed E-state index contributed by atoms with van der Waals surface area (Å²) in [4.78, 5) is 16.8. The third kappa shape index (κ3) is 4.09. The quantitative estimate of drug-likeness (QED) is 0.697. The van der Waals surface area contributed by atoms with Crippen LogP contribution in [0.2, 0.25) is 0 Å². The zero-order valence-electron chi connectivity index (χ0n) is 14.2. The number of aryl methyl sites for hydroxylation is 2. The van der Waals surface area contributed by atoms with Gasteiger partial charge in [-0.05, 0) is 38.1 Å². The van der Waals surface area contributed by atoms with E-state index in [1.54, 1.807) is 36.4 Å². The Bertz CT molecular complexity index is 1040. The van der Waals surface area contributed by atoms with E-state index in [1.807, 2.05) is 19.2 Å². The number of hydrogen-bond acceptors (Lipinski definition) is 5. The summed E-state index contributed by atoms with van der Waals surface area (Å²) in [5, 5.41) is 4.97. The van der Waals surface area contributed by atoms with Crippen LogP contribution in [0.1, 0.15) is 21.6 Å². The van der Waals surface area contributed by atoms with Crippen molar-refractivity contribution in [3.8, 4) is 0 Å². The molecule has 3 aromatic rings. The number of thiazole rings is 1. The number of para-hydroxylation sites is 1. The van der Waals surface area contributed by atoms with Gasteiger partial charge in [-0.1, -0.05) is 29.8 Å². The predicted molar refractivity (Wildman–Crippen MR) is 103 cm³/mol. The van der Waals surface area contributed by atoms with Gasteiger partial charge in [0, 0.05) is 5.38 Å². The number of nitrogens with zero attached hydrogens (tertiary/aromatic N) is 1. The van der Waals surface area contributed by atoms with Crippen molar-refractivity contribution >= 4 is 38.1 Å². The topological polar surface area (TPSA) is 88.2 Å². The van der Waals surface area contributed by atoms with Crippen LogP contribution in [0.3, 0.4) is 0 Å². The van der Waals surface area contributed by atoms with Crippen LogP contribution in [0, 0.1) is 13.8 Å². The number of rotatable bonds is 5. The van der Waals surface area contributed by atoms with Crippen LogP contribution in [-0.4, -0.2) is 19.3 Å². The summed E-state index contributed by atoms with van der Waals surface area (Å²) in [5.41, 5.74) is 2.19. The van der Waals surface area contributed by atoms with Crippen LogP contribution < -0.4 is 10.0 Å². The second-order valence-electron chi connectivity index (χ2n) is 5.71. The van der Waals surface area contributed by atoms with Gasteiger partial charge in [0.2, 0.25) is 0 Å². The molecule has 2 aromatic carbocycles. The van der Waals surface area contributed by atoms with Gasteiger partial charge in [-0.3, -0.25) is 14.8 Å². The Morgan fingerprint density at radius 3 is 2.38 bits per heavy atom. The largest absolute Gasteiger partial charge is 0.298 e. The van der Waals surface area contributed by atoms with E-state index in [0.717, 1.165) is 11.3 Å². The molecule has 1 aromatic heterocycles. The number of anilines is 2. The van der Waals surface area contributed by atoms with Gasteiger partial charge in [-0.15, -0.1) is 11.3 Å². The van der Waals surface area contributed by atoms with Gasteiger partial charge >= 0.3 is 0 Å². The number of hydrogen-bond donors (Lipinski definition) is 2. The van der Waals surface area contributed by atoms with Crippen molar-refractivity contribution in [1.82, 2.24) is 4.98 Å². The highest BCUT2D eigenvalue weighted by atomic mass is 32.2.